The fourth-order valence-corrected chi connectivity index (χ4v) is 3.98. The number of sulfonamides is 1. The maximum absolute atomic E-state index is 13.1. The number of benzene rings is 1. The van der Waals surface area contributed by atoms with Crippen molar-refractivity contribution >= 4 is 10.0 Å². The van der Waals surface area contributed by atoms with Crippen LogP contribution in [0.5, 0.6) is 0 Å². The van der Waals surface area contributed by atoms with Crippen LogP contribution in [0.15, 0.2) is 29.2 Å². The highest BCUT2D eigenvalue weighted by molar-refractivity contribution is 7.89. The Morgan fingerprint density at radius 3 is 2.53 bits per heavy atom. The van der Waals surface area contributed by atoms with Crippen LogP contribution in [0.25, 0.3) is 0 Å². The second-order valence-electron chi connectivity index (χ2n) is 5.06. The van der Waals surface area contributed by atoms with Crippen LogP contribution in [0.1, 0.15) is 32.1 Å². The average molecular weight is 287 g/mol. The van der Waals surface area contributed by atoms with E-state index in [1.54, 1.807) is 0 Å². The molecule has 0 bridgehead atoms. The van der Waals surface area contributed by atoms with Crippen molar-refractivity contribution in [2.45, 2.75) is 42.5 Å². The summed E-state index contributed by atoms with van der Waals surface area (Å²) >= 11 is 0. The second-order valence-corrected chi connectivity index (χ2v) is 6.74. The summed E-state index contributed by atoms with van der Waals surface area (Å²) in [5.41, 5.74) is -0.802. The zero-order valence-electron chi connectivity index (χ0n) is 10.6. The zero-order valence-corrected chi connectivity index (χ0v) is 11.4. The second kappa shape index (κ2) is 5.56. The molecular weight excluding hydrogens is 269 g/mol. The van der Waals surface area contributed by atoms with Crippen molar-refractivity contribution in [2.75, 3.05) is 6.61 Å². The van der Waals surface area contributed by atoms with Gasteiger partial charge in [0.1, 0.15) is 5.82 Å². The maximum Gasteiger partial charge on any atom is 0.241 e. The SMILES string of the molecule is O=S(=O)(NC1(CO)CCCCC1)c1cccc(F)c1. The molecular formula is C13H18FNO3S. The summed E-state index contributed by atoms with van der Waals surface area (Å²) in [6.07, 6.45) is 4.03. The van der Waals surface area contributed by atoms with Crippen LogP contribution >= 0.6 is 0 Å². The lowest BCUT2D eigenvalue weighted by molar-refractivity contribution is 0.142. The molecule has 0 radical (unpaired) electrons. The van der Waals surface area contributed by atoms with Crippen molar-refractivity contribution in [3.63, 3.8) is 0 Å². The van der Waals surface area contributed by atoms with E-state index < -0.39 is 21.4 Å². The van der Waals surface area contributed by atoms with Gasteiger partial charge in [0.15, 0.2) is 0 Å². The molecule has 6 heteroatoms. The van der Waals surface area contributed by atoms with Crippen LogP contribution in [0, 0.1) is 5.82 Å². The number of hydrogen-bond acceptors (Lipinski definition) is 3. The lowest BCUT2D eigenvalue weighted by Crippen LogP contribution is -2.52. The van der Waals surface area contributed by atoms with Gasteiger partial charge in [0.2, 0.25) is 10.0 Å². The Bertz CT molecular complexity index is 539. The summed E-state index contributed by atoms with van der Waals surface area (Å²) in [5.74, 6) is -0.593. The van der Waals surface area contributed by atoms with Gasteiger partial charge in [0, 0.05) is 0 Å². The largest absolute Gasteiger partial charge is 0.394 e. The molecule has 106 valence electrons. The molecule has 0 aliphatic heterocycles. The molecule has 0 amide bonds. The summed E-state index contributed by atoms with van der Waals surface area (Å²) in [5, 5.41) is 9.51. The summed E-state index contributed by atoms with van der Waals surface area (Å²) in [4.78, 5) is -0.106. The number of aliphatic hydroxyl groups excluding tert-OH is 1. The van der Waals surface area contributed by atoms with E-state index in [4.69, 9.17) is 0 Å². The lowest BCUT2D eigenvalue weighted by Gasteiger charge is -2.36. The standard InChI is InChI=1S/C13H18FNO3S/c14-11-5-4-6-12(9-11)19(17,18)15-13(10-16)7-2-1-3-8-13/h4-6,9,15-16H,1-3,7-8,10H2. The van der Waals surface area contributed by atoms with Crippen LogP contribution in [0.3, 0.4) is 0 Å². The predicted octanol–water partition coefficient (Wildman–Crippen LogP) is 1.80. The molecule has 4 nitrogen and oxygen atoms in total. The highest BCUT2D eigenvalue weighted by atomic mass is 32.2. The Morgan fingerprint density at radius 1 is 1.26 bits per heavy atom. The third kappa shape index (κ3) is 3.32. The lowest BCUT2D eigenvalue weighted by atomic mass is 9.83. The minimum atomic E-state index is -3.80. The third-order valence-corrected chi connectivity index (χ3v) is 5.15. The number of hydrogen-bond donors (Lipinski definition) is 2. The van der Waals surface area contributed by atoms with Crippen molar-refractivity contribution in [1.29, 1.82) is 0 Å². The first kappa shape index (κ1) is 14.4. The third-order valence-electron chi connectivity index (χ3n) is 3.57. The van der Waals surface area contributed by atoms with Gasteiger partial charge in [-0.3, -0.25) is 0 Å². The molecule has 0 heterocycles. The van der Waals surface area contributed by atoms with E-state index in [9.17, 15) is 17.9 Å². The minimum Gasteiger partial charge on any atom is -0.394 e. The Hall–Kier alpha value is -0.980. The number of aliphatic hydroxyl groups is 1. The van der Waals surface area contributed by atoms with Crippen LogP contribution in [-0.2, 0) is 10.0 Å². The van der Waals surface area contributed by atoms with Crippen molar-refractivity contribution < 1.29 is 17.9 Å². The normalized spacial score (nSPS) is 19.3. The fourth-order valence-electron chi connectivity index (χ4n) is 2.50. The highest BCUT2D eigenvalue weighted by Gasteiger charge is 2.35. The Morgan fingerprint density at radius 2 is 1.95 bits per heavy atom. The summed E-state index contributed by atoms with van der Waals surface area (Å²) in [6, 6.07) is 4.88. The molecule has 1 aliphatic carbocycles. The number of halogens is 1. The van der Waals surface area contributed by atoms with E-state index >= 15 is 0 Å². The van der Waals surface area contributed by atoms with Gasteiger partial charge in [-0.2, -0.15) is 0 Å². The maximum atomic E-state index is 13.1. The van der Waals surface area contributed by atoms with Crippen LogP contribution in [-0.4, -0.2) is 25.7 Å². The van der Waals surface area contributed by atoms with E-state index in [0.717, 1.165) is 25.3 Å². The van der Waals surface area contributed by atoms with Gasteiger partial charge < -0.3 is 5.11 Å². The summed E-state index contributed by atoms with van der Waals surface area (Å²) < 4.78 is 40.1. The molecule has 0 unspecified atom stereocenters. The van der Waals surface area contributed by atoms with E-state index in [0.29, 0.717) is 12.8 Å². The Labute approximate surface area is 112 Å². The molecule has 1 aromatic carbocycles. The van der Waals surface area contributed by atoms with Gasteiger partial charge in [-0.15, -0.1) is 0 Å². The molecule has 0 atom stereocenters. The molecule has 1 aromatic rings. The summed E-state index contributed by atoms with van der Waals surface area (Å²) in [7, 11) is -3.80. The van der Waals surface area contributed by atoms with E-state index in [1.165, 1.54) is 18.2 Å². The van der Waals surface area contributed by atoms with E-state index in [2.05, 4.69) is 4.72 Å². The highest BCUT2D eigenvalue weighted by Crippen LogP contribution is 2.29. The average Bonchev–Trinajstić information content (AvgIpc) is 2.39. The molecule has 1 saturated carbocycles. The predicted molar refractivity (Wildman–Crippen MR) is 69.6 cm³/mol. The number of rotatable bonds is 4. The quantitative estimate of drug-likeness (QED) is 0.887. The Balaban J connectivity index is 2.25. The van der Waals surface area contributed by atoms with Crippen LogP contribution in [0.2, 0.25) is 0 Å². The van der Waals surface area contributed by atoms with Crippen molar-refractivity contribution in [2.24, 2.45) is 0 Å². The number of nitrogens with one attached hydrogen (secondary N) is 1. The van der Waals surface area contributed by atoms with Crippen molar-refractivity contribution in [3.8, 4) is 0 Å². The van der Waals surface area contributed by atoms with Gasteiger partial charge in [-0.05, 0) is 31.0 Å². The smallest absolute Gasteiger partial charge is 0.241 e. The van der Waals surface area contributed by atoms with Crippen LogP contribution < -0.4 is 4.72 Å². The van der Waals surface area contributed by atoms with Crippen molar-refractivity contribution in [1.82, 2.24) is 4.72 Å². The topological polar surface area (TPSA) is 66.4 Å². The molecule has 0 saturated heterocycles. The van der Waals surface area contributed by atoms with Gasteiger partial charge >= 0.3 is 0 Å². The van der Waals surface area contributed by atoms with Gasteiger partial charge in [-0.25, -0.2) is 17.5 Å². The first-order valence-corrected chi connectivity index (χ1v) is 7.86. The molecule has 0 spiro atoms. The van der Waals surface area contributed by atoms with Gasteiger partial charge in [0.25, 0.3) is 0 Å². The molecule has 1 fully saturated rings. The fraction of sp³-hybridized carbons (Fsp3) is 0.538. The van der Waals surface area contributed by atoms with E-state index in [1.807, 2.05) is 0 Å². The minimum absolute atomic E-state index is 0.106. The first-order valence-electron chi connectivity index (χ1n) is 6.38. The zero-order chi connectivity index (χ0) is 13.9. The van der Waals surface area contributed by atoms with Gasteiger partial charge in [0.05, 0.1) is 17.0 Å². The van der Waals surface area contributed by atoms with Gasteiger partial charge in [-0.1, -0.05) is 25.3 Å². The molecule has 0 aromatic heterocycles. The first-order chi connectivity index (χ1) is 8.97. The monoisotopic (exact) mass is 287 g/mol. The Kier molecular flexibility index (Phi) is 4.23. The molecule has 2 rings (SSSR count). The molecule has 19 heavy (non-hydrogen) atoms. The van der Waals surface area contributed by atoms with Crippen LogP contribution in [0.4, 0.5) is 4.39 Å². The molecule has 1 aliphatic rings. The summed E-state index contributed by atoms with van der Waals surface area (Å²) in [6.45, 7) is -0.235. The van der Waals surface area contributed by atoms with Crippen molar-refractivity contribution in [3.05, 3.63) is 30.1 Å². The molecule has 2 N–H and O–H groups in total. The van der Waals surface area contributed by atoms with E-state index in [-0.39, 0.29) is 11.5 Å².